The van der Waals surface area contributed by atoms with Crippen molar-refractivity contribution < 1.29 is 19.9 Å². The van der Waals surface area contributed by atoms with E-state index in [1.54, 1.807) is 7.05 Å². The van der Waals surface area contributed by atoms with Gasteiger partial charge >= 0.3 is 6.75 Å². The van der Waals surface area contributed by atoms with Crippen molar-refractivity contribution in [2.45, 2.75) is 6.92 Å². The summed E-state index contributed by atoms with van der Waals surface area (Å²) in [5.41, 5.74) is 0.420. The Morgan fingerprint density at radius 3 is 2.12 bits per heavy atom. The van der Waals surface area contributed by atoms with Crippen LogP contribution in [0.5, 0.6) is 0 Å². The van der Waals surface area contributed by atoms with E-state index >= 15 is 0 Å². The normalized spacial score (nSPS) is 11.3. The van der Waals surface area contributed by atoms with Crippen LogP contribution in [-0.4, -0.2) is 46.2 Å². The molecule has 0 radical (unpaired) electrons. The van der Waals surface area contributed by atoms with Crippen LogP contribution in [-0.2, 0) is 0 Å². The largest absolute Gasteiger partial charge is 0.556 e. The van der Waals surface area contributed by atoms with Crippen molar-refractivity contribution >= 4 is 18.1 Å². The first kappa shape index (κ1) is 12.7. The molecular weight excluding hydrogens is 209 g/mol. The number of hydrogen-bond donors (Lipinski definition) is 3. The topological polar surface area (TPSA) is 81.0 Å². The summed E-state index contributed by atoms with van der Waals surface area (Å²) >= 11 is 0. The van der Waals surface area contributed by atoms with E-state index in [1.165, 1.54) is 29.2 Å². The van der Waals surface area contributed by atoms with Gasteiger partial charge in [-0.3, -0.25) is 4.79 Å². The van der Waals surface area contributed by atoms with Crippen LogP contribution in [0.25, 0.3) is 0 Å². The highest BCUT2D eigenvalue weighted by Crippen LogP contribution is 2.03. The lowest BCUT2D eigenvalue weighted by Crippen LogP contribution is -2.48. The second kappa shape index (κ2) is 4.65. The molecule has 0 atom stereocenters. The van der Waals surface area contributed by atoms with Crippen molar-refractivity contribution in [3.8, 4) is 0 Å². The second-order valence-electron chi connectivity index (χ2n) is 3.68. The van der Waals surface area contributed by atoms with Gasteiger partial charge in [0.2, 0.25) is 0 Å². The van der Waals surface area contributed by atoms with Crippen molar-refractivity contribution in [1.29, 1.82) is 0 Å². The SMILES string of the molecule is CCN(C)C(=O)c1ccc([B-](O)(O)O)cc1. The molecule has 0 aliphatic carbocycles. The number of carbonyl (C=O) groups is 1. The summed E-state index contributed by atoms with van der Waals surface area (Å²) < 4.78 is 0. The molecule has 0 spiro atoms. The van der Waals surface area contributed by atoms with Gasteiger partial charge in [0.05, 0.1) is 0 Å². The number of benzene rings is 1. The molecule has 0 saturated carbocycles. The maximum absolute atomic E-state index is 11.7. The molecule has 16 heavy (non-hydrogen) atoms. The molecule has 0 aromatic heterocycles. The molecule has 3 N–H and O–H groups in total. The van der Waals surface area contributed by atoms with Crippen molar-refractivity contribution in [3.05, 3.63) is 29.8 Å². The highest BCUT2D eigenvalue weighted by Gasteiger charge is 2.18. The molecule has 0 fully saturated rings. The molecule has 88 valence electrons. The van der Waals surface area contributed by atoms with Crippen LogP contribution in [0.1, 0.15) is 17.3 Å². The fraction of sp³-hybridized carbons (Fsp3) is 0.300. The third-order valence-corrected chi connectivity index (χ3v) is 2.43. The molecule has 5 nitrogen and oxygen atoms in total. The van der Waals surface area contributed by atoms with E-state index in [0.717, 1.165) is 0 Å². The van der Waals surface area contributed by atoms with Gasteiger partial charge in [-0.1, -0.05) is 24.3 Å². The molecule has 0 saturated heterocycles. The molecule has 1 rings (SSSR count). The molecule has 6 heteroatoms. The van der Waals surface area contributed by atoms with Crippen LogP contribution in [0, 0.1) is 0 Å². The van der Waals surface area contributed by atoms with E-state index in [2.05, 4.69) is 0 Å². The van der Waals surface area contributed by atoms with Crippen LogP contribution in [0.3, 0.4) is 0 Å². The van der Waals surface area contributed by atoms with Gasteiger partial charge in [0.15, 0.2) is 0 Å². The lowest BCUT2D eigenvalue weighted by Gasteiger charge is -2.21. The molecule has 0 bridgehead atoms. The molecule has 0 aliphatic heterocycles. The highest BCUT2D eigenvalue weighted by atomic mass is 16.5. The summed E-state index contributed by atoms with van der Waals surface area (Å²) in [5, 5.41) is 26.9. The predicted octanol–water partition coefficient (Wildman–Crippen LogP) is -1.10. The van der Waals surface area contributed by atoms with Gasteiger partial charge in [0, 0.05) is 19.2 Å². The van der Waals surface area contributed by atoms with Crippen molar-refractivity contribution in [1.82, 2.24) is 4.90 Å². The second-order valence-corrected chi connectivity index (χ2v) is 3.68. The number of nitrogens with zero attached hydrogens (tertiary/aromatic N) is 1. The Hall–Kier alpha value is -1.37. The lowest BCUT2D eigenvalue weighted by atomic mass is 9.71. The van der Waals surface area contributed by atoms with E-state index in [1.807, 2.05) is 6.92 Å². The molecule has 1 aromatic carbocycles. The standard InChI is InChI=1S/C10H15BNO4/c1-3-12(2)10(13)8-4-6-9(7-5-8)11(14,15)16/h4-7,14-16H,3H2,1-2H3/q-1. The first-order valence-corrected chi connectivity index (χ1v) is 5.03. The van der Waals surface area contributed by atoms with E-state index < -0.39 is 6.75 Å². The summed E-state index contributed by atoms with van der Waals surface area (Å²) in [7, 11) is 1.68. The summed E-state index contributed by atoms with van der Waals surface area (Å²) in [6.45, 7) is -1.04. The third-order valence-electron chi connectivity index (χ3n) is 2.43. The summed E-state index contributed by atoms with van der Waals surface area (Å²) in [6.07, 6.45) is 0. The Labute approximate surface area is 94.0 Å². The van der Waals surface area contributed by atoms with Crippen LogP contribution in [0.4, 0.5) is 0 Å². The number of carbonyl (C=O) groups excluding carboxylic acids is 1. The van der Waals surface area contributed by atoms with E-state index in [9.17, 15) is 4.79 Å². The molecular formula is C10H15BNO4-. The van der Waals surface area contributed by atoms with Gasteiger partial charge in [-0.25, -0.2) is 0 Å². The number of amides is 1. The van der Waals surface area contributed by atoms with Crippen molar-refractivity contribution in [2.24, 2.45) is 0 Å². The minimum atomic E-state index is -3.49. The molecule has 1 amide bonds. The summed E-state index contributed by atoms with van der Waals surface area (Å²) in [5.74, 6) is -0.152. The molecule has 0 unspecified atom stereocenters. The van der Waals surface area contributed by atoms with Crippen LogP contribution in [0.2, 0.25) is 0 Å². The Morgan fingerprint density at radius 1 is 1.25 bits per heavy atom. The number of hydrogen-bond acceptors (Lipinski definition) is 4. The fourth-order valence-electron chi connectivity index (χ4n) is 1.25. The Morgan fingerprint density at radius 2 is 1.75 bits per heavy atom. The maximum atomic E-state index is 11.7. The van der Waals surface area contributed by atoms with Gasteiger partial charge in [-0.15, -0.1) is 5.46 Å². The Bertz CT molecular complexity index is 371. The molecule has 0 aliphatic rings. The predicted molar refractivity (Wildman–Crippen MR) is 61.1 cm³/mol. The first-order chi connectivity index (χ1) is 7.36. The van der Waals surface area contributed by atoms with Crippen LogP contribution >= 0.6 is 0 Å². The molecule has 1 aromatic rings. The van der Waals surface area contributed by atoms with Gasteiger partial charge in [0.1, 0.15) is 0 Å². The smallest absolute Gasteiger partial charge is 0.402 e. The average Bonchev–Trinajstić information content (AvgIpc) is 2.26. The van der Waals surface area contributed by atoms with E-state index in [0.29, 0.717) is 12.1 Å². The minimum absolute atomic E-state index is 0.0179. The zero-order valence-corrected chi connectivity index (χ0v) is 9.29. The van der Waals surface area contributed by atoms with Crippen LogP contribution < -0.4 is 5.46 Å². The minimum Gasteiger partial charge on any atom is -0.556 e. The van der Waals surface area contributed by atoms with Gasteiger partial charge in [-0.2, -0.15) is 0 Å². The van der Waals surface area contributed by atoms with Crippen molar-refractivity contribution in [2.75, 3.05) is 13.6 Å². The Kier molecular flexibility index (Phi) is 3.69. The summed E-state index contributed by atoms with van der Waals surface area (Å²) in [6, 6.07) is 5.53. The highest BCUT2D eigenvalue weighted by molar-refractivity contribution is 6.71. The first-order valence-electron chi connectivity index (χ1n) is 5.03. The quantitative estimate of drug-likeness (QED) is 0.569. The average molecular weight is 224 g/mol. The zero-order valence-electron chi connectivity index (χ0n) is 9.29. The van der Waals surface area contributed by atoms with Gasteiger partial charge in [0.25, 0.3) is 5.91 Å². The van der Waals surface area contributed by atoms with Gasteiger partial charge in [-0.05, 0) is 6.92 Å². The summed E-state index contributed by atoms with van der Waals surface area (Å²) in [4.78, 5) is 13.2. The van der Waals surface area contributed by atoms with E-state index in [-0.39, 0.29) is 11.4 Å². The number of rotatable bonds is 3. The third kappa shape index (κ3) is 2.82. The maximum Gasteiger partial charge on any atom is 0.402 e. The van der Waals surface area contributed by atoms with Gasteiger partial charge < -0.3 is 20.0 Å². The van der Waals surface area contributed by atoms with Crippen molar-refractivity contribution in [3.63, 3.8) is 0 Å². The zero-order chi connectivity index (χ0) is 12.3. The Balaban J connectivity index is 2.91. The van der Waals surface area contributed by atoms with Crippen LogP contribution in [0.15, 0.2) is 24.3 Å². The molecule has 0 heterocycles. The fourth-order valence-corrected chi connectivity index (χ4v) is 1.25. The lowest BCUT2D eigenvalue weighted by molar-refractivity contribution is 0.0802. The monoisotopic (exact) mass is 224 g/mol. The van der Waals surface area contributed by atoms with E-state index in [4.69, 9.17) is 15.1 Å².